The van der Waals surface area contributed by atoms with Crippen molar-refractivity contribution in [3.8, 4) is 0 Å². The number of primary sulfonamides is 1. The monoisotopic (exact) mass is 405 g/mol. The summed E-state index contributed by atoms with van der Waals surface area (Å²) >= 11 is 0. The SMILES string of the molecule is C=CC[C@@H](C[C@H](O)CCOS(=O)(=O)c1ccc(C)cc1)[C@@H](C)S(N)(=O)=O. The first-order valence-corrected chi connectivity index (χ1v) is 11.3. The van der Waals surface area contributed by atoms with Gasteiger partial charge in [-0.3, -0.25) is 4.18 Å². The van der Waals surface area contributed by atoms with E-state index in [2.05, 4.69) is 6.58 Å². The first-order chi connectivity index (χ1) is 12.0. The normalized spacial score (nSPS) is 16.0. The molecule has 0 aromatic heterocycles. The largest absolute Gasteiger partial charge is 0.393 e. The Morgan fingerprint density at radius 2 is 1.81 bits per heavy atom. The molecule has 9 heteroatoms. The van der Waals surface area contributed by atoms with Crippen LogP contribution in [0, 0.1) is 12.8 Å². The fourth-order valence-electron chi connectivity index (χ4n) is 2.50. The number of allylic oxidation sites excluding steroid dienone is 1. The topological polar surface area (TPSA) is 124 Å². The molecule has 0 aliphatic heterocycles. The maximum Gasteiger partial charge on any atom is 0.296 e. The van der Waals surface area contributed by atoms with Crippen LogP contribution in [0.15, 0.2) is 41.8 Å². The third-order valence-electron chi connectivity index (χ3n) is 4.23. The second kappa shape index (κ2) is 9.61. The lowest BCUT2D eigenvalue weighted by molar-refractivity contribution is 0.114. The van der Waals surface area contributed by atoms with Gasteiger partial charge < -0.3 is 5.11 Å². The van der Waals surface area contributed by atoms with Crippen molar-refractivity contribution in [3.63, 3.8) is 0 Å². The Morgan fingerprint density at radius 1 is 1.23 bits per heavy atom. The molecule has 1 aromatic carbocycles. The highest BCUT2D eigenvalue weighted by Crippen LogP contribution is 2.22. The second-order valence-corrected chi connectivity index (χ2v) is 9.88. The minimum atomic E-state index is -3.89. The minimum absolute atomic E-state index is 0.0463. The molecule has 3 N–H and O–H groups in total. The lowest BCUT2D eigenvalue weighted by atomic mass is 9.94. The molecule has 0 heterocycles. The zero-order chi connectivity index (χ0) is 20.0. The lowest BCUT2D eigenvalue weighted by Crippen LogP contribution is -2.34. The molecule has 26 heavy (non-hydrogen) atoms. The molecule has 0 amide bonds. The maximum atomic E-state index is 12.1. The average molecular weight is 406 g/mol. The molecule has 0 saturated heterocycles. The van der Waals surface area contributed by atoms with Gasteiger partial charge in [0.15, 0.2) is 0 Å². The van der Waals surface area contributed by atoms with E-state index >= 15 is 0 Å². The molecule has 0 bridgehead atoms. The van der Waals surface area contributed by atoms with Crippen LogP contribution in [0.4, 0.5) is 0 Å². The third-order valence-corrected chi connectivity index (χ3v) is 6.97. The number of aliphatic hydroxyl groups excluding tert-OH is 1. The highest BCUT2D eigenvalue weighted by Gasteiger charge is 2.27. The van der Waals surface area contributed by atoms with Crippen molar-refractivity contribution in [1.82, 2.24) is 0 Å². The van der Waals surface area contributed by atoms with Crippen LogP contribution in [-0.2, 0) is 24.3 Å². The van der Waals surface area contributed by atoms with Gasteiger partial charge in [-0.05, 0) is 51.2 Å². The number of aliphatic hydroxyl groups is 1. The van der Waals surface area contributed by atoms with Crippen LogP contribution in [0.1, 0.15) is 31.7 Å². The van der Waals surface area contributed by atoms with Crippen molar-refractivity contribution < 1.29 is 26.1 Å². The van der Waals surface area contributed by atoms with E-state index in [-0.39, 0.29) is 24.3 Å². The number of sulfonamides is 1. The summed E-state index contributed by atoms with van der Waals surface area (Å²) in [4.78, 5) is 0.0463. The molecular formula is C17H27NO6S2. The smallest absolute Gasteiger partial charge is 0.296 e. The van der Waals surface area contributed by atoms with Gasteiger partial charge in [0.05, 0.1) is 22.9 Å². The van der Waals surface area contributed by atoms with E-state index in [0.29, 0.717) is 6.42 Å². The summed E-state index contributed by atoms with van der Waals surface area (Å²) in [5.41, 5.74) is 0.927. The van der Waals surface area contributed by atoms with Gasteiger partial charge in [-0.2, -0.15) is 8.42 Å². The van der Waals surface area contributed by atoms with E-state index in [1.807, 2.05) is 6.92 Å². The fraction of sp³-hybridized carbons (Fsp3) is 0.529. The molecule has 0 aliphatic carbocycles. The summed E-state index contributed by atoms with van der Waals surface area (Å²) in [6, 6.07) is 6.24. The Morgan fingerprint density at radius 3 is 2.31 bits per heavy atom. The summed E-state index contributed by atoms with van der Waals surface area (Å²) < 4.78 is 52.1. The van der Waals surface area contributed by atoms with Gasteiger partial charge in [0.2, 0.25) is 10.0 Å². The number of hydrogen-bond acceptors (Lipinski definition) is 6. The molecule has 148 valence electrons. The van der Waals surface area contributed by atoms with Gasteiger partial charge in [0.25, 0.3) is 10.1 Å². The van der Waals surface area contributed by atoms with Crippen LogP contribution >= 0.6 is 0 Å². The van der Waals surface area contributed by atoms with Crippen LogP contribution in [0.5, 0.6) is 0 Å². The van der Waals surface area contributed by atoms with E-state index in [9.17, 15) is 21.9 Å². The predicted octanol–water partition coefficient (Wildman–Crippen LogP) is 1.71. The summed E-state index contributed by atoms with van der Waals surface area (Å²) in [5.74, 6) is -0.411. The van der Waals surface area contributed by atoms with Crippen LogP contribution in [0.25, 0.3) is 0 Å². The van der Waals surface area contributed by atoms with E-state index in [4.69, 9.17) is 9.32 Å². The first kappa shape index (κ1) is 22.8. The van der Waals surface area contributed by atoms with E-state index in [1.54, 1.807) is 18.2 Å². The average Bonchev–Trinajstić information content (AvgIpc) is 2.53. The van der Waals surface area contributed by atoms with Crippen LogP contribution in [-0.4, -0.2) is 39.9 Å². The number of nitrogens with two attached hydrogens (primary N) is 1. The van der Waals surface area contributed by atoms with E-state index < -0.39 is 37.4 Å². The van der Waals surface area contributed by atoms with Gasteiger partial charge in [0.1, 0.15) is 0 Å². The molecule has 0 saturated carbocycles. The zero-order valence-corrected chi connectivity index (χ0v) is 16.7. The van der Waals surface area contributed by atoms with Gasteiger partial charge >= 0.3 is 0 Å². The van der Waals surface area contributed by atoms with Crippen molar-refractivity contribution in [2.24, 2.45) is 11.1 Å². The van der Waals surface area contributed by atoms with E-state index in [0.717, 1.165) is 5.56 Å². The maximum absolute atomic E-state index is 12.1. The Labute approximate surface area is 156 Å². The summed E-state index contributed by atoms with van der Waals surface area (Å²) in [7, 11) is -7.63. The fourth-order valence-corrected chi connectivity index (χ4v) is 4.18. The Hall–Kier alpha value is -1.26. The van der Waals surface area contributed by atoms with Gasteiger partial charge in [-0.1, -0.05) is 23.8 Å². The molecule has 0 radical (unpaired) electrons. The third kappa shape index (κ3) is 7.16. The van der Waals surface area contributed by atoms with E-state index in [1.165, 1.54) is 19.1 Å². The predicted molar refractivity (Wildman–Crippen MR) is 100 cm³/mol. The highest BCUT2D eigenvalue weighted by atomic mass is 32.2. The number of hydrogen-bond donors (Lipinski definition) is 2. The molecule has 1 rings (SSSR count). The first-order valence-electron chi connectivity index (χ1n) is 8.24. The second-order valence-electron chi connectivity index (χ2n) is 6.35. The highest BCUT2D eigenvalue weighted by molar-refractivity contribution is 7.89. The van der Waals surface area contributed by atoms with Crippen molar-refractivity contribution in [3.05, 3.63) is 42.5 Å². The van der Waals surface area contributed by atoms with Crippen LogP contribution in [0.2, 0.25) is 0 Å². The number of rotatable bonds is 11. The molecule has 0 spiro atoms. The van der Waals surface area contributed by atoms with Crippen LogP contribution < -0.4 is 5.14 Å². The molecule has 0 fully saturated rings. The molecule has 3 atom stereocenters. The summed E-state index contributed by atoms with van der Waals surface area (Å²) in [5, 5.41) is 14.4. The number of aryl methyl sites for hydroxylation is 1. The molecule has 1 aromatic rings. The van der Waals surface area contributed by atoms with Crippen LogP contribution in [0.3, 0.4) is 0 Å². The molecule has 0 unspecified atom stereocenters. The lowest BCUT2D eigenvalue weighted by Gasteiger charge is -2.23. The Balaban J connectivity index is 2.60. The van der Waals surface area contributed by atoms with Gasteiger partial charge in [-0.25, -0.2) is 13.6 Å². The van der Waals surface area contributed by atoms with Crippen molar-refractivity contribution in [2.45, 2.75) is 49.4 Å². The summed E-state index contributed by atoms with van der Waals surface area (Å²) in [6.07, 6.45) is 1.22. The standard InChI is InChI=1S/C17H27NO6S2/c1-4-5-15(14(3)25(18,20)21)12-16(19)10-11-24-26(22,23)17-8-6-13(2)7-9-17/h4,6-9,14-16,19H,1,5,10-12H2,2-3H3,(H2,18,20,21)/t14-,15+,16-/m1/s1. The zero-order valence-electron chi connectivity index (χ0n) is 15.0. The van der Waals surface area contributed by atoms with Crippen molar-refractivity contribution in [2.75, 3.05) is 6.61 Å². The van der Waals surface area contributed by atoms with Gasteiger partial charge in [-0.15, -0.1) is 6.58 Å². The Bertz CT molecular complexity index is 787. The van der Waals surface area contributed by atoms with Crippen molar-refractivity contribution in [1.29, 1.82) is 0 Å². The molecule has 0 aliphatic rings. The molecular weight excluding hydrogens is 378 g/mol. The minimum Gasteiger partial charge on any atom is -0.393 e. The quantitative estimate of drug-likeness (QED) is 0.427. The van der Waals surface area contributed by atoms with Gasteiger partial charge in [0, 0.05) is 0 Å². The molecule has 7 nitrogen and oxygen atoms in total. The van der Waals surface area contributed by atoms with Crippen molar-refractivity contribution >= 4 is 20.1 Å². The summed E-state index contributed by atoms with van der Waals surface area (Å²) in [6.45, 7) is 6.70. The number of benzene rings is 1. The Kier molecular flexibility index (Phi) is 8.42.